The molecule has 3 aromatic rings. The maximum absolute atomic E-state index is 12.7. The molecule has 1 saturated heterocycles. The van der Waals surface area contributed by atoms with Crippen molar-refractivity contribution in [3.8, 4) is 0 Å². The van der Waals surface area contributed by atoms with Crippen molar-refractivity contribution in [1.29, 1.82) is 0 Å². The predicted octanol–water partition coefficient (Wildman–Crippen LogP) is 2.49. The van der Waals surface area contributed by atoms with Crippen LogP contribution < -0.4 is 10.2 Å². The highest BCUT2D eigenvalue weighted by Gasteiger charge is 2.31. The second kappa shape index (κ2) is 9.48. The fourth-order valence-electron chi connectivity index (χ4n) is 3.21. The summed E-state index contributed by atoms with van der Waals surface area (Å²) in [6.07, 6.45) is -0.616. The Balaban J connectivity index is 1.28. The Kier molecular flexibility index (Phi) is 6.49. The smallest absolute Gasteiger partial charge is 0.353 e. The second-order valence-corrected chi connectivity index (χ2v) is 7.98. The van der Waals surface area contributed by atoms with Crippen molar-refractivity contribution >= 4 is 34.1 Å². The number of amides is 2. The van der Waals surface area contributed by atoms with E-state index in [1.165, 1.54) is 29.8 Å². The highest BCUT2D eigenvalue weighted by molar-refractivity contribution is 7.14. The van der Waals surface area contributed by atoms with Crippen LogP contribution in [0.5, 0.6) is 0 Å². The van der Waals surface area contributed by atoms with E-state index in [1.54, 1.807) is 16.3 Å². The zero-order valence-electron chi connectivity index (χ0n) is 17.1. The van der Waals surface area contributed by atoms with E-state index >= 15 is 0 Å². The summed E-state index contributed by atoms with van der Waals surface area (Å²) >= 11 is 1.20. The number of nitrogens with zero attached hydrogens (tertiary/aromatic N) is 6. The van der Waals surface area contributed by atoms with Crippen LogP contribution in [0.25, 0.3) is 0 Å². The van der Waals surface area contributed by atoms with Gasteiger partial charge in [0.1, 0.15) is 5.82 Å². The van der Waals surface area contributed by atoms with Crippen LogP contribution >= 0.6 is 11.3 Å². The molecule has 4 heterocycles. The van der Waals surface area contributed by atoms with Crippen LogP contribution in [-0.2, 0) is 17.4 Å². The average Bonchev–Trinajstić information content (AvgIpc) is 3.25. The Labute approximate surface area is 190 Å². The molecule has 13 heteroatoms. The number of thiazole rings is 1. The minimum absolute atomic E-state index is 0.0192. The van der Waals surface area contributed by atoms with Crippen LogP contribution in [0.15, 0.2) is 42.2 Å². The van der Waals surface area contributed by atoms with Gasteiger partial charge < -0.3 is 9.80 Å². The first kappa shape index (κ1) is 22.6. The average molecular weight is 477 g/mol. The van der Waals surface area contributed by atoms with Crippen LogP contribution in [0.4, 0.5) is 24.1 Å². The number of pyridine rings is 1. The maximum atomic E-state index is 12.7. The lowest BCUT2D eigenvalue weighted by atomic mass is 10.2. The number of alkyl halides is 3. The summed E-state index contributed by atoms with van der Waals surface area (Å²) < 4.78 is 38.1. The van der Waals surface area contributed by atoms with Crippen LogP contribution in [0.3, 0.4) is 0 Å². The molecule has 0 bridgehead atoms. The lowest BCUT2D eigenvalue weighted by molar-refractivity contribution is -0.137. The third-order valence-corrected chi connectivity index (χ3v) is 5.71. The Hall–Kier alpha value is -3.61. The summed E-state index contributed by atoms with van der Waals surface area (Å²) in [6.45, 7) is 1.75. The van der Waals surface area contributed by atoms with Crippen molar-refractivity contribution in [2.75, 3.05) is 36.4 Å². The standard InChI is InChI=1S/C20H18F3N7O2S/c21-20(22,23)13-2-3-15(26-11-13)29-6-8-30(9-7-29)16(31)10-14-12-33-19(27-14)28-18(32)17-24-4-1-5-25-17/h1-5,11-12H,6-10H2,(H,27,28,32). The normalized spacial score (nSPS) is 14.3. The fraction of sp³-hybridized carbons (Fsp3) is 0.300. The monoisotopic (exact) mass is 477 g/mol. The number of aromatic nitrogens is 4. The van der Waals surface area contributed by atoms with E-state index in [4.69, 9.17) is 0 Å². The van der Waals surface area contributed by atoms with Crippen LogP contribution in [0.1, 0.15) is 21.9 Å². The maximum Gasteiger partial charge on any atom is 0.417 e. The summed E-state index contributed by atoms with van der Waals surface area (Å²) in [5.74, 6) is -0.150. The first-order valence-electron chi connectivity index (χ1n) is 9.88. The van der Waals surface area contributed by atoms with E-state index in [1.807, 2.05) is 4.90 Å². The third kappa shape index (κ3) is 5.61. The number of halogens is 3. The zero-order chi connectivity index (χ0) is 23.4. The largest absolute Gasteiger partial charge is 0.417 e. The molecular formula is C20H18F3N7O2S. The first-order chi connectivity index (χ1) is 15.8. The predicted molar refractivity (Wildman–Crippen MR) is 114 cm³/mol. The molecule has 0 atom stereocenters. The fourth-order valence-corrected chi connectivity index (χ4v) is 3.91. The van der Waals surface area contributed by atoms with Gasteiger partial charge in [-0.1, -0.05) is 0 Å². The van der Waals surface area contributed by atoms with E-state index in [0.717, 1.165) is 12.3 Å². The Morgan fingerprint density at radius 2 is 1.79 bits per heavy atom. The molecule has 1 N–H and O–H groups in total. The number of hydrogen-bond acceptors (Lipinski definition) is 8. The molecule has 0 aromatic carbocycles. The van der Waals surface area contributed by atoms with Crippen molar-refractivity contribution in [1.82, 2.24) is 24.8 Å². The van der Waals surface area contributed by atoms with Crippen molar-refractivity contribution in [2.45, 2.75) is 12.6 Å². The summed E-state index contributed by atoms with van der Waals surface area (Å²) in [5, 5.41) is 4.64. The number of anilines is 2. The number of nitrogens with one attached hydrogen (secondary N) is 1. The van der Waals surface area contributed by atoms with Gasteiger partial charge in [-0.05, 0) is 18.2 Å². The molecule has 0 saturated carbocycles. The third-order valence-electron chi connectivity index (χ3n) is 4.90. The van der Waals surface area contributed by atoms with Gasteiger partial charge in [0.05, 0.1) is 17.7 Å². The van der Waals surface area contributed by atoms with Gasteiger partial charge in [-0.3, -0.25) is 14.9 Å². The van der Waals surface area contributed by atoms with E-state index in [-0.39, 0.29) is 18.2 Å². The summed E-state index contributed by atoms with van der Waals surface area (Å²) in [5.41, 5.74) is -0.267. The Morgan fingerprint density at radius 3 is 2.42 bits per heavy atom. The molecule has 0 radical (unpaired) electrons. The molecule has 172 valence electrons. The van der Waals surface area contributed by atoms with Crippen molar-refractivity contribution in [3.05, 3.63) is 59.3 Å². The molecule has 3 aromatic heterocycles. The summed E-state index contributed by atoms with van der Waals surface area (Å²) in [4.78, 5) is 44.2. The van der Waals surface area contributed by atoms with Crippen LogP contribution in [-0.4, -0.2) is 62.8 Å². The highest BCUT2D eigenvalue weighted by Crippen LogP contribution is 2.29. The molecule has 4 rings (SSSR count). The topological polar surface area (TPSA) is 104 Å². The van der Waals surface area contributed by atoms with Crippen molar-refractivity contribution in [2.24, 2.45) is 0 Å². The summed E-state index contributed by atoms with van der Waals surface area (Å²) in [7, 11) is 0. The van der Waals surface area contributed by atoms with Gasteiger partial charge in [0.2, 0.25) is 11.7 Å². The minimum atomic E-state index is -4.43. The zero-order valence-corrected chi connectivity index (χ0v) is 17.9. The Bertz CT molecular complexity index is 1110. The molecule has 0 unspecified atom stereocenters. The number of piperazine rings is 1. The highest BCUT2D eigenvalue weighted by atomic mass is 32.1. The number of carbonyl (C=O) groups excluding carboxylic acids is 2. The van der Waals surface area contributed by atoms with E-state index in [2.05, 4.69) is 25.3 Å². The molecule has 2 amide bonds. The van der Waals surface area contributed by atoms with E-state index < -0.39 is 17.6 Å². The van der Waals surface area contributed by atoms with Gasteiger partial charge in [0.15, 0.2) is 5.13 Å². The molecule has 0 aliphatic carbocycles. The van der Waals surface area contributed by atoms with Crippen LogP contribution in [0, 0.1) is 0 Å². The van der Waals surface area contributed by atoms with E-state index in [9.17, 15) is 22.8 Å². The number of carbonyl (C=O) groups is 2. The van der Waals surface area contributed by atoms with Gasteiger partial charge in [-0.2, -0.15) is 13.2 Å². The molecule has 1 aliphatic heterocycles. The number of hydrogen-bond donors (Lipinski definition) is 1. The molecule has 33 heavy (non-hydrogen) atoms. The Morgan fingerprint density at radius 1 is 1.06 bits per heavy atom. The minimum Gasteiger partial charge on any atom is -0.353 e. The second-order valence-electron chi connectivity index (χ2n) is 7.12. The molecule has 9 nitrogen and oxygen atoms in total. The summed E-state index contributed by atoms with van der Waals surface area (Å²) in [6, 6.07) is 3.94. The van der Waals surface area contributed by atoms with Gasteiger partial charge >= 0.3 is 6.18 Å². The number of rotatable bonds is 5. The van der Waals surface area contributed by atoms with Gasteiger partial charge in [0, 0.05) is 50.1 Å². The van der Waals surface area contributed by atoms with E-state index in [0.29, 0.717) is 42.8 Å². The van der Waals surface area contributed by atoms with Crippen LogP contribution in [0.2, 0.25) is 0 Å². The van der Waals surface area contributed by atoms with Crippen molar-refractivity contribution < 1.29 is 22.8 Å². The molecule has 1 aliphatic rings. The molecule has 0 spiro atoms. The SMILES string of the molecule is O=C(Nc1nc(CC(=O)N2CCN(c3ccc(C(F)(F)F)cn3)CC2)cs1)c1ncccn1. The van der Waals surface area contributed by atoms with Gasteiger partial charge in [-0.25, -0.2) is 19.9 Å². The lowest BCUT2D eigenvalue weighted by Gasteiger charge is -2.35. The molecular weight excluding hydrogens is 459 g/mol. The molecule has 1 fully saturated rings. The van der Waals surface area contributed by atoms with Gasteiger partial charge in [0.25, 0.3) is 5.91 Å². The lowest BCUT2D eigenvalue weighted by Crippen LogP contribution is -2.49. The van der Waals surface area contributed by atoms with Gasteiger partial charge in [-0.15, -0.1) is 11.3 Å². The first-order valence-corrected chi connectivity index (χ1v) is 10.8. The van der Waals surface area contributed by atoms with Crippen molar-refractivity contribution in [3.63, 3.8) is 0 Å². The quantitative estimate of drug-likeness (QED) is 0.602.